The molecule has 106 valence electrons. The predicted molar refractivity (Wildman–Crippen MR) is 78.6 cm³/mol. The van der Waals surface area contributed by atoms with Crippen LogP contribution in [0.2, 0.25) is 0 Å². The number of hydrogen-bond donors (Lipinski definition) is 1. The molecule has 0 aromatic heterocycles. The molecule has 0 radical (unpaired) electrons. The molecule has 1 aliphatic rings. The number of carboxylic acid groups (broad SMARTS) is 1. The Balaban J connectivity index is 2.30. The van der Waals surface area contributed by atoms with E-state index in [9.17, 15) is 4.79 Å². The molecule has 20 heavy (non-hydrogen) atoms. The van der Waals surface area contributed by atoms with Crippen molar-refractivity contribution in [3.8, 4) is 5.75 Å². The Morgan fingerprint density at radius 1 is 1.60 bits per heavy atom. The van der Waals surface area contributed by atoms with Gasteiger partial charge in [-0.1, -0.05) is 18.2 Å². The van der Waals surface area contributed by atoms with Gasteiger partial charge in [0.2, 0.25) is 0 Å². The van der Waals surface area contributed by atoms with Gasteiger partial charge in [0.15, 0.2) is 0 Å². The highest BCUT2D eigenvalue weighted by atomic mass is 16.5. The molecule has 2 unspecified atom stereocenters. The van der Waals surface area contributed by atoms with Crippen molar-refractivity contribution in [1.82, 2.24) is 0 Å². The van der Waals surface area contributed by atoms with Crippen LogP contribution in [0.4, 0.5) is 0 Å². The van der Waals surface area contributed by atoms with Gasteiger partial charge in [-0.2, -0.15) is 0 Å². The summed E-state index contributed by atoms with van der Waals surface area (Å²) in [5, 5.41) is 8.87. The minimum absolute atomic E-state index is 0.0277. The van der Waals surface area contributed by atoms with E-state index in [0.29, 0.717) is 6.61 Å². The monoisotopic (exact) mass is 273 g/mol. The van der Waals surface area contributed by atoms with Crippen molar-refractivity contribution in [2.45, 2.75) is 25.8 Å². The van der Waals surface area contributed by atoms with E-state index in [4.69, 9.17) is 9.84 Å². The second-order valence-corrected chi connectivity index (χ2v) is 4.90. The van der Waals surface area contributed by atoms with Crippen molar-refractivity contribution < 1.29 is 14.6 Å². The van der Waals surface area contributed by atoms with Crippen LogP contribution in [-0.4, -0.2) is 29.9 Å². The largest absolute Gasteiger partial charge is 0.493 e. The van der Waals surface area contributed by atoms with E-state index in [1.165, 1.54) is 0 Å². The molecule has 1 heterocycles. The molecule has 4 nitrogen and oxygen atoms in total. The topological polar surface area (TPSA) is 58.9 Å². The fraction of sp³-hybridized carbons (Fsp3) is 0.375. The molecule has 1 aromatic rings. The van der Waals surface area contributed by atoms with Crippen LogP contribution >= 0.6 is 0 Å². The maximum Gasteiger partial charge on any atom is 0.307 e. The van der Waals surface area contributed by atoms with E-state index in [2.05, 4.69) is 11.6 Å². The summed E-state index contributed by atoms with van der Waals surface area (Å²) in [6.45, 7) is 6.30. The van der Waals surface area contributed by atoms with Gasteiger partial charge < -0.3 is 9.84 Å². The van der Waals surface area contributed by atoms with Gasteiger partial charge in [0.05, 0.1) is 19.1 Å². The van der Waals surface area contributed by atoms with Gasteiger partial charge in [-0.25, -0.2) is 0 Å². The number of benzene rings is 1. The number of carbonyl (C=O) groups is 1. The van der Waals surface area contributed by atoms with Crippen molar-refractivity contribution in [2.24, 2.45) is 10.9 Å². The van der Waals surface area contributed by atoms with Gasteiger partial charge in [-0.15, -0.1) is 6.58 Å². The maximum atomic E-state index is 10.8. The molecular weight excluding hydrogens is 254 g/mol. The molecule has 4 heteroatoms. The SMILES string of the molecule is C=CC1COc2ccc(CC(=O)O)cc2CC1N=CC. The molecule has 2 rings (SSSR count). The van der Waals surface area contributed by atoms with Crippen molar-refractivity contribution in [3.63, 3.8) is 0 Å². The Morgan fingerprint density at radius 2 is 2.40 bits per heavy atom. The quantitative estimate of drug-likeness (QED) is 0.677. The lowest BCUT2D eigenvalue weighted by molar-refractivity contribution is -0.136. The molecule has 0 saturated heterocycles. The molecular formula is C16H19NO3. The highest BCUT2D eigenvalue weighted by molar-refractivity contribution is 5.70. The number of carboxylic acids is 1. The third-order valence-corrected chi connectivity index (χ3v) is 3.48. The first-order valence-corrected chi connectivity index (χ1v) is 6.70. The number of ether oxygens (including phenoxy) is 1. The van der Waals surface area contributed by atoms with E-state index in [-0.39, 0.29) is 18.4 Å². The normalized spacial score (nSPS) is 21.9. The first-order valence-electron chi connectivity index (χ1n) is 6.70. The minimum Gasteiger partial charge on any atom is -0.493 e. The molecule has 0 spiro atoms. The van der Waals surface area contributed by atoms with E-state index >= 15 is 0 Å². The van der Waals surface area contributed by atoms with Crippen LogP contribution in [0.1, 0.15) is 18.1 Å². The summed E-state index contributed by atoms with van der Waals surface area (Å²) < 4.78 is 5.80. The molecule has 0 fully saturated rings. The summed E-state index contributed by atoms with van der Waals surface area (Å²) in [5.41, 5.74) is 1.81. The summed E-state index contributed by atoms with van der Waals surface area (Å²) in [5.74, 6) is 0.160. The van der Waals surface area contributed by atoms with Crippen LogP contribution in [0.3, 0.4) is 0 Å². The van der Waals surface area contributed by atoms with Crippen molar-refractivity contribution >= 4 is 12.2 Å². The van der Waals surface area contributed by atoms with E-state index in [1.54, 1.807) is 12.3 Å². The molecule has 1 aromatic carbocycles. The van der Waals surface area contributed by atoms with Crippen molar-refractivity contribution in [3.05, 3.63) is 42.0 Å². The van der Waals surface area contributed by atoms with E-state index < -0.39 is 5.97 Å². The van der Waals surface area contributed by atoms with Crippen LogP contribution in [0.25, 0.3) is 0 Å². The van der Waals surface area contributed by atoms with Crippen LogP contribution in [-0.2, 0) is 17.6 Å². The maximum absolute atomic E-state index is 10.8. The van der Waals surface area contributed by atoms with Crippen LogP contribution in [0.5, 0.6) is 5.75 Å². The molecule has 0 aliphatic carbocycles. The van der Waals surface area contributed by atoms with Crippen LogP contribution in [0.15, 0.2) is 35.8 Å². The lowest BCUT2D eigenvalue weighted by Crippen LogP contribution is -2.22. The van der Waals surface area contributed by atoms with Gasteiger partial charge in [-0.05, 0) is 36.8 Å². The van der Waals surface area contributed by atoms with E-state index in [1.807, 2.05) is 25.1 Å². The lowest BCUT2D eigenvalue weighted by Gasteiger charge is -2.16. The summed E-state index contributed by atoms with van der Waals surface area (Å²) >= 11 is 0. The molecule has 1 aliphatic heterocycles. The van der Waals surface area contributed by atoms with Gasteiger partial charge in [0.25, 0.3) is 0 Å². The predicted octanol–water partition coefficient (Wildman–Crippen LogP) is 2.51. The lowest BCUT2D eigenvalue weighted by atomic mass is 9.94. The summed E-state index contributed by atoms with van der Waals surface area (Å²) in [6.07, 6.45) is 4.44. The highest BCUT2D eigenvalue weighted by Crippen LogP contribution is 2.29. The molecule has 0 saturated carbocycles. The number of aliphatic imine (C=N–C) groups is 1. The summed E-state index contributed by atoms with van der Waals surface area (Å²) in [4.78, 5) is 15.3. The second kappa shape index (κ2) is 6.37. The first kappa shape index (κ1) is 14.3. The Hall–Kier alpha value is -2.10. The Morgan fingerprint density at radius 3 is 3.05 bits per heavy atom. The summed E-state index contributed by atoms with van der Waals surface area (Å²) in [7, 11) is 0. The molecule has 0 bridgehead atoms. The van der Waals surface area contributed by atoms with Crippen LogP contribution < -0.4 is 4.74 Å². The van der Waals surface area contributed by atoms with Gasteiger partial charge >= 0.3 is 5.97 Å². The molecule has 2 atom stereocenters. The van der Waals surface area contributed by atoms with Gasteiger partial charge in [-0.3, -0.25) is 9.79 Å². The van der Waals surface area contributed by atoms with Gasteiger partial charge in [0, 0.05) is 5.92 Å². The standard InChI is InChI=1S/C16H19NO3/c1-3-12-10-20-15-6-5-11(8-16(18)19)7-13(15)9-14(12)17-4-2/h3-7,12,14H,1,8-10H2,2H3,(H,18,19). The third-order valence-electron chi connectivity index (χ3n) is 3.48. The molecule has 0 amide bonds. The average molecular weight is 273 g/mol. The Kier molecular flexibility index (Phi) is 4.56. The molecule has 1 N–H and O–H groups in total. The number of nitrogens with zero attached hydrogens (tertiary/aromatic N) is 1. The zero-order valence-electron chi connectivity index (χ0n) is 11.6. The highest BCUT2D eigenvalue weighted by Gasteiger charge is 2.24. The summed E-state index contributed by atoms with van der Waals surface area (Å²) in [6, 6.07) is 5.66. The van der Waals surface area contributed by atoms with Gasteiger partial charge in [0.1, 0.15) is 5.75 Å². The zero-order valence-corrected chi connectivity index (χ0v) is 11.6. The number of fused-ring (bicyclic) bond motifs is 1. The fourth-order valence-electron chi connectivity index (χ4n) is 2.47. The van der Waals surface area contributed by atoms with Crippen molar-refractivity contribution in [2.75, 3.05) is 6.61 Å². The second-order valence-electron chi connectivity index (χ2n) is 4.90. The van der Waals surface area contributed by atoms with Crippen molar-refractivity contribution in [1.29, 1.82) is 0 Å². The number of hydrogen-bond acceptors (Lipinski definition) is 3. The minimum atomic E-state index is -0.827. The fourth-order valence-corrected chi connectivity index (χ4v) is 2.47. The average Bonchev–Trinajstić information content (AvgIpc) is 2.57. The Bertz CT molecular complexity index is 537. The number of aliphatic carboxylic acids is 1. The van der Waals surface area contributed by atoms with E-state index in [0.717, 1.165) is 23.3 Å². The van der Waals surface area contributed by atoms with Crippen LogP contribution in [0, 0.1) is 5.92 Å². The number of rotatable bonds is 4. The Labute approximate surface area is 118 Å². The third kappa shape index (κ3) is 3.26. The first-order chi connectivity index (χ1) is 9.63. The smallest absolute Gasteiger partial charge is 0.307 e. The zero-order chi connectivity index (χ0) is 14.5.